The molecule has 0 radical (unpaired) electrons. The van der Waals surface area contributed by atoms with Crippen molar-refractivity contribution in [2.75, 3.05) is 33.9 Å². The third-order valence-electron chi connectivity index (χ3n) is 3.77. The number of likely N-dealkylation sites (tertiary alicyclic amines) is 1. The summed E-state index contributed by atoms with van der Waals surface area (Å²) in [6, 6.07) is 8.04. The van der Waals surface area contributed by atoms with E-state index in [4.69, 9.17) is 26.8 Å². The molecule has 0 bridgehead atoms. The van der Waals surface area contributed by atoms with Crippen LogP contribution in [0.25, 0.3) is 0 Å². The summed E-state index contributed by atoms with van der Waals surface area (Å²) in [6.07, 6.45) is 0.206. The molecule has 1 aromatic carbocycles. The minimum Gasteiger partial charge on any atom is -0.377 e. The van der Waals surface area contributed by atoms with Gasteiger partial charge in [-0.05, 0) is 17.7 Å². The highest BCUT2D eigenvalue weighted by Crippen LogP contribution is 2.27. The molecule has 1 aliphatic heterocycles. The van der Waals surface area contributed by atoms with Crippen LogP contribution in [0.2, 0.25) is 5.02 Å². The molecule has 0 saturated carbocycles. The van der Waals surface area contributed by atoms with Gasteiger partial charge in [-0.2, -0.15) is 0 Å². The van der Waals surface area contributed by atoms with Gasteiger partial charge >= 0.3 is 0 Å². The van der Waals surface area contributed by atoms with Crippen LogP contribution in [0, 0.1) is 0 Å². The van der Waals surface area contributed by atoms with Crippen LogP contribution in [0.4, 0.5) is 0 Å². The molecule has 1 saturated heterocycles. The Morgan fingerprint density at radius 1 is 1.21 bits per heavy atom. The largest absolute Gasteiger partial charge is 0.377 e. The van der Waals surface area contributed by atoms with Crippen LogP contribution in [-0.4, -0.2) is 51.0 Å². The van der Waals surface area contributed by atoms with Gasteiger partial charge in [0.15, 0.2) is 0 Å². The lowest BCUT2D eigenvalue weighted by Gasteiger charge is -2.26. The minimum absolute atomic E-state index is 0.103. The van der Waals surface area contributed by atoms with Crippen LogP contribution in [0.15, 0.2) is 24.3 Å². The fraction of sp³-hybridized carbons (Fsp3) is 0.571. The molecule has 1 fully saturated rings. The van der Waals surface area contributed by atoms with Crippen molar-refractivity contribution in [3.8, 4) is 0 Å². The highest BCUT2D eigenvalue weighted by atomic mass is 35.5. The topological polar surface area (TPSA) is 47.7 Å². The molecule has 0 amide bonds. The van der Waals surface area contributed by atoms with Crippen molar-refractivity contribution < 1.29 is 9.47 Å². The summed E-state index contributed by atoms with van der Waals surface area (Å²) in [5.74, 6) is 0. The summed E-state index contributed by atoms with van der Waals surface area (Å²) >= 11 is 5.93. The van der Waals surface area contributed by atoms with Crippen molar-refractivity contribution in [3.63, 3.8) is 0 Å². The Bertz CT molecular complexity index is 387. The first-order chi connectivity index (χ1) is 9.19. The van der Waals surface area contributed by atoms with Gasteiger partial charge in [0.05, 0.1) is 12.2 Å². The predicted octanol–water partition coefficient (Wildman–Crippen LogP) is 1.69. The third-order valence-corrected chi connectivity index (χ3v) is 4.02. The Kier molecular flexibility index (Phi) is 5.19. The fourth-order valence-electron chi connectivity index (χ4n) is 2.66. The number of nitrogens with zero attached hydrogens (tertiary/aromatic N) is 1. The second kappa shape index (κ2) is 6.68. The highest BCUT2D eigenvalue weighted by Gasteiger charge is 2.36. The minimum atomic E-state index is 0.103. The second-order valence-corrected chi connectivity index (χ2v) is 5.24. The SMILES string of the molecule is COC1CN(C(CN)c2ccc(Cl)cc2)CC1OC. The van der Waals surface area contributed by atoms with E-state index < -0.39 is 0 Å². The van der Waals surface area contributed by atoms with Crippen LogP contribution in [0.1, 0.15) is 11.6 Å². The molecular weight excluding hydrogens is 264 g/mol. The van der Waals surface area contributed by atoms with Gasteiger partial charge in [0.25, 0.3) is 0 Å². The van der Waals surface area contributed by atoms with Gasteiger partial charge in [-0.25, -0.2) is 0 Å². The fourth-order valence-corrected chi connectivity index (χ4v) is 2.79. The highest BCUT2D eigenvalue weighted by molar-refractivity contribution is 6.30. The lowest BCUT2D eigenvalue weighted by Crippen LogP contribution is -2.33. The number of hydrogen-bond acceptors (Lipinski definition) is 4. The van der Waals surface area contributed by atoms with Crippen molar-refractivity contribution >= 4 is 11.6 Å². The molecule has 1 aliphatic rings. The zero-order valence-electron chi connectivity index (χ0n) is 11.4. The van der Waals surface area contributed by atoms with Crippen molar-refractivity contribution in [2.45, 2.75) is 18.2 Å². The maximum absolute atomic E-state index is 5.94. The molecule has 2 N–H and O–H groups in total. The Hall–Kier alpha value is -0.650. The molecule has 0 aromatic heterocycles. The molecule has 19 heavy (non-hydrogen) atoms. The van der Waals surface area contributed by atoms with E-state index in [1.54, 1.807) is 14.2 Å². The summed E-state index contributed by atoms with van der Waals surface area (Å²) in [5.41, 5.74) is 7.12. The second-order valence-electron chi connectivity index (χ2n) is 4.81. The van der Waals surface area contributed by atoms with Crippen molar-refractivity contribution in [2.24, 2.45) is 5.73 Å². The molecule has 1 heterocycles. The smallest absolute Gasteiger partial charge is 0.0972 e. The first-order valence-electron chi connectivity index (χ1n) is 6.44. The van der Waals surface area contributed by atoms with E-state index in [0.717, 1.165) is 18.1 Å². The van der Waals surface area contributed by atoms with Crippen LogP contribution >= 0.6 is 11.6 Å². The quantitative estimate of drug-likeness (QED) is 0.894. The van der Waals surface area contributed by atoms with E-state index in [-0.39, 0.29) is 18.2 Å². The van der Waals surface area contributed by atoms with Crippen molar-refractivity contribution in [1.29, 1.82) is 0 Å². The Morgan fingerprint density at radius 3 is 2.16 bits per heavy atom. The summed E-state index contributed by atoms with van der Waals surface area (Å²) < 4.78 is 10.9. The number of halogens is 1. The molecule has 0 spiro atoms. The Morgan fingerprint density at radius 2 is 1.74 bits per heavy atom. The zero-order chi connectivity index (χ0) is 13.8. The summed E-state index contributed by atoms with van der Waals surface area (Å²) in [6.45, 7) is 2.23. The number of hydrogen-bond donors (Lipinski definition) is 1. The molecule has 4 nitrogen and oxygen atoms in total. The third kappa shape index (κ3) is 3.27. The number of nitrogens with two attached hydrogens (primary N) is 1. The maximum Gasteiger partial charge on any atom is 0.0972 e. The van der Waals surface area contributed by atoms with Crippen LogP contribution in [-0.2, 0) is 9.47 Å². The van der Waals surface area contributed by atoms with Crippen LogP contribution in [0.3, 0.4) is 0 Å². The summed E-state index contributed by atoms with van der Waals surface area (Å²) in [4.78, 5) is 2.31. The van der Waals surface area contributed by atoms with E-state index in [1.165, 1.54) is 5.56 Å². The average Bonchev–Trinajstić information content (AvgIpc) is 2.85. The molecule has 5 heteroatoms. The Labute approximate surface area is 119 Å². The monoisotopic (exact) mass is 284 g/mol. The number of benzene rings is 1. The molecular formula is C14H21ClN2O2. The van der Waals surface area contributed by atoms with Gasteiger partial charge in [-0.1, -0.05) is 23.7 Å². The number of methoxy groups -OCH3 is 2. The maximum atomic E-state index is 5.94. The van der Waals surface area contributed by atoms with E-state index in [1.807, 2.05) is 24.3 Å². The molecule has 2 rings (SSSR count). The first kappa shape index (κ1) is 14.8. The van der Waals surface area contributed by atoms with E-state index in [0.29, 0.717) is 6.54 Å². The van der Waals surface area contributed by atoms with Gasteiger partial charge in [-0.15, -0.1) is 0 Å². The van der Waals surface area contributed by atoms with Gasteiger partial charge in [0.2, 0.25) is 0 Å². The van der Waals surface area contributed by atoms with E-state index in [2.05, 4.69) is 4.90 Å². The average molecular weight is 285 g/mol. The molecule has 1 aromatic rings. The van der Waals surface area contributed by atoms with Gasteiger partial charge < -0.3 is 15.2 Å². The van der Waals surface area contributed by atoms with Crippen LogP contribution in [0.5, 0.6) is 0 Å². The van der Waals surface area contributed by atoms with Crippen molar-refractivity contribution in [3.05, 3.63) is 34.9 Å². The predicted molar refractivity (Wildman–Crippen MR) is 76.4 cm³/mol. The zero-order valence-corrected chi connectivity index (χ0v) is 12.1. The van der Waals surface area contributed by atoms with E-state index >= 15 is 0 Å². The number of ether oxygens (including phenoxy) is 2. The lowest BCUT2D eigenvalue weighted by molar-refractivity contribution is -0.00461. The van der Waals surface area contributed by atoms with Gasteiger partial charge in [-0.3, -0.25) is 4.90 Å². The number of rotatable bonds is 5. The first-order valence-corrected chi connectivity index (χ1v) is 6.82. The molecule has 0 aliphatic carbocycles. The molecule has 106 valence electrons. The standard InChI is InChI=1S/C14H21ClN2O2/c1-18-13-8-17(9-14(13)19-2)12(7-16)10-3-5-11(15)6-4-10/h3-6,12-14H,7-9,16H2,1-2H3. The summed E-state index contributed by atoms with van der Waals surface area (Å²) in [5, 5.41) is 0.741. The summed E-state index contributed by atoms with van der Waals surface area (Å²) in [7, 11) is 3.44. The van der Waals surface area contributed by atoms with Gasteiger partial charge in [0, 0.05) is 44.9 Å². The Balaban J connectivity index is 2.12. The normalized spacial score (nSPS) is 25.7. The van der Waals surface area contributed by atoms with Crippen molar-refractivity contribution in [1.82, 2.24) is 4.90 Å². The lowest BCUT2D eigenvalue weighted by atomic mass is 10.1. The van der Waals surface area contributed by atoms with Gasteiger partial charge in [0.1, 0.15) is 0 Å². The molecule has 3 atom stereocenters. The van der Waals surface area contributed by atoms with Crippen LogP contribution < -0.4 is 5.73 Å². The van der Waals surface area contributed by atoms with E-state index in [9.17, 15) is 0 Å². The molecule has 3 unspecified atom stereocenters.